The van der Waals surface area contributed by atoms with Crippen molar-refractivity contribution in [1.29, 1.82) is 0 Å². The van der Waals surface area contributed by atoms with Crippen LogP contribution in [0, 0.1) is 0 Å². The molecule has 1 aliphatic rings. The number of ether oxygens (including phenoxy) is 1. The van der Waals surface area contributed by atoms with Crippen LogP contribution in [0.2, 0.25) is 0 Å². The fourth-order valence-electron chi connectivity index (χ4n) is 3.07. The maximum atomic E-state index is 12.6. The molecular weight excluding hydrogens is 346 g/mol. The minimum absolute atomic E-state index is 0.184. The van der Waals surface area contributed by atoms with Gasteiger partial charge in [0.05, 0.1) is 17.1 Å². The number of para-hydroxylation sites is 2. The summed E-state index contributed by atoms with van der Waals surface area (Å²) < 4.78 is 7.46. The lowest BCUT2D eigenvalue weighted by Gasteiger charge is -2.19. The lowest BCUT2D eigenvalue weighted by Crippen LogP contribution is -2.50. The quantitative estimate of drug-likeness (QED) is 0.726. The zero-order chi connectivity index (χ0) is 19.4. The average molecular weight is 373 g/mol. The molecule has 0 aliphatic carbocycles. The summed E-state index contributed by atoms with van der Waals surface area (Å²) in [5.74, 6) is 0.410. The van der Waals surface area contributed by atoms with Crippen molar-refractivity contribution in [2.24, 2.45) is 0 Å². The van der Waals surface area contributed by atoms with Crippen LogP contribution in [-0.4, -0.2) is 53.3 Å². The van der Waals surface area contributed by atoms with Gasteiger partial charge in [0.25, 0.3) is 0 Å². The van der Waals surface area contributed by atoms with Crippen molar-refractivity contribution in [2.75, 3.05) is 24.6 Å². The van der Waals surface area contributed by atoms with E-state index in [0.29, 0.717) is 32.2 Å². The minimum atomic E-state index is -0.623. The molecule has 8 nitrogen and oxygen atoms in total. The average Bonchev–Trinajstić information content (AvgIpc) is 3.19. The van der Waals surface area contributed by atoms with Gasteiger partial charge in [-0.1, -0.05) is 12.1 Å². The molecule has 3 amide bonds. The molecule has 1 aromatic heterocycles. The number of benzene rings is 1. The Morgan fingerprint density at radius 2 is 2.00 bits per heavy atom. The molecule has 1 aliphatic heterocycles. The summed E-state index contributed by atoms with van der Waals surface area (Å²) in [5.41, 5.74) is 1.87. The third-order valence-corrected chi connectivity index (χ3v) is 4.47. The monoisotopic (exact) mass is 373 g/mol. The van der Waals surface area contributed by atoms with Crippen molar-refractivity contribution in [3.8, 4) is 0 Å². The molecule has 0 unspecified atom stereocenters. The molecule has 0 bridgehead atoms. The van der Waals surface area contributed by atoms with Crippen LogP contribution in [-0.2, 0) is 16.1 Å². The van der Waals surface area contributed by atoms with Gasteiger partial charge in [-0.3, -0.25) is 9.69 Å². The van der Waals surface area contributed by atoms with Crippen molar-refractivity contribution in [2.45, 2.75) is 45.9 Å². The largest absolute Gasteiger partial charge is 0.379 e. The number of fused-ring (bicyclic) bond motifs is 3. The highest BCUT2D eigenvalue weighted by Crippen LogP contribution is 2.26. The van der Waals surface area contributed by atoms with E-state index in [2.05, 4.69) is 15.6 Å². The van der Waals surface area contributed by atoms with Crippen LogP contribution in [0.3, 0.4) is 0 Å². The first kappa shape index (κ1) is 19.2. The molecule has 2 aromatic rings. The second-order valence-electron chi connectivity index (χ2n) is 6.94. The minimum Gasteiger partial charge on any atom is -0.379 e. The van der Waals surface area contributed by atoms with Crippen LogP contribution in [0.5, 0.6) is 0 Å². The van der Waals surface area contributed by atoms with Crippen molar-refractivity contribution in [3.05, 3.63) is 24.3 Å². The predicted octanol–water partition coefficient (Wildman–Crippen LogP) is 1.89. The van der Waals surface area contributed by atoms with Crippen LogP contribution in [0.25, 0.3) is 11.0 Å². The fraction of sp³-hybridized carbons (Fsp3) is 0.526. The van der Waals surface area contributed by atoms with Gasteiger partial charge in [-0.2, -0.15) is 0 Å². The number of rotatable bonds is 7. The molecule has 0 saturated heterocycles. The van der Waals surface area contributed by atoms with Crippen LogP contribution in [0.1, 0.15) is 27.2 Å². The van der Waals surface area contributed by atoms with Crippen LogP contribution in [0.15, 0.2) is 24.3 Å². The molecule has 0 fully saturated rings. The molecule has 1 aromatic carbocycles. The van der Waals surface area contributed by atoms with Gasteiger partial charge in [0.2, 0.25) is 11.9 Å². The zero-order valence-electron chi connectivity index (χ0n) is 16.1. The molecule has 27 heavy (non-hydrogen) atoms. The number of urea groups is 1. The third kappa shape index (κ3) is 4.39. The second-order valence-corrected chi connectivity index (χ2v) is 6.94. The lowest BCUT2D eigenvalue weighted by molar-refractivity contribution is -0.122. The summed E-state index contributed by atoms with van der Waals surface area (Å²) in [4.78, 5) is 30.9. The standard InChI is InChI=1S/C19H27N5O3/c1-13(2)27-12-6-9-20-17(25)14(3)21-19(26)24-11-10-23-16-8-5-4-7-15(16)22-18(23)24/h4-5,7-8,13-14H,6,9-12H2,1-3H3,(H,20,25)(H,21,26)/t14-/m0/s1. The molecule has 0 saturated carbocycles. The fourth-order valence-corrected chi connectivity index (χ4v) is 3.07. The van der Waals surface area contributed by atoms with Crippen molar-refractivity contribution in [1.82, 2.24) is 20.2 Å². The molecule has 0 spiro atoms. The smallest absolute Gasteiger partial charge is 0.324 e. The van der Waals surface area contributed by atoms with Gasteiger partial charge < -0.3 is 19.9 Å². The molecule has 2 N–H and O–H groups in total. The molecule has 0 radical (unpaired) electrons. The van der Waals surface area contributed by atoms with Crippen molar-refractivity contribution in [3.63, 3.8) is 0 Å². The van der Waals surface area contributed by atoms with E-state index in [4.69, 9.17) is 4.74 Å². The molecule has 1 atom stereocenters. The van der Waals surface area contributed by atoms with E-state index in [9.17, 15) is 9.59 Å². The highest BCUT2D eigenvalue weighted by Gasteiger charge is 2.29. The Labute approximate surface area is 158 Å². The van der Waals surface area contributed by atoms with Crippen LogP contribution in [0.4, 0.5) is 10.7 Å². The Kier molecular flexibility index (Phi) is 5.95. The maximum absolute atomic E-state index is 12.6. The van der Waals surface area contributed by atoms with Gasteiger partial charge in [-0.05, 0) is 39.3 Å². The molecule has 146 valence electrons. The van der Waals surface area contributed by atoms with E-state index in [-0.39, 0.29) is 18.0 Å². The SMILES string of the molecule is CC(C)OCCCNC(=O)[C@H](C)NC(=O)N1CCn2c1nc1ccccc12. The number of carbonyl (C=O) groups excluding carboxylic acids is 2. The zero-order valence-corrected chi connectivity index (χ0v) is 16.1. The van der Waals surface area contributed by atoms with Gasteiger partial charge in [0.1, 0.15) is 6.04 Å². The van der Waals surface area contributed by atoms with E-state index in [1.54, 1.807) is 11.8 Å². The van der Waals surface area contributed by atoms with Gasteiger partial charge in [0, 0.05) is 26.2 Å². The molecule has 3 rings (SSSR count). The Hall–Kier alpha value is -2.61. The van der Waals surface area contributed by atoms with E-state index >= 15 is 0 Å². The predicted molar refractivity (Wildman–Crippen MR) is 104 cm³/mol. The van der Waals surface area contributed by atoms with Gasteiger partial charge >= 0.3 is 6.03 Å². The highest BCUT2D eigenvalue weighted by molar-refractivity contribution is 5.96. The maximum Gasteiger partial charge on any atom is 0.324 e. The van der Waals surface area contributed by atoms with Gasteiger partial charge in [0.15, 0.2) is 0 Å². The number of imidazole rings is 1. The topological polar surface area (TPSA) is 88.5 Å². The summed E-state index contributed by atoms with van der Waals surface area (Å²) >= 11 is 0. The van der Waals surface area contributed by atoms with Gasteiger partial charge in [-0.25, -0.2) is 9.78 Å². The van der Waals surface area contributed by atoms with Crippen LogP contribution >= 0.6 is 0 Å². The number of amides is 3. The highest BCUT2D eigenvalue weighted by atomic mass is 16.5. The summed E-state index contributed by atoms with van der Waals surface area (Å²) in [5, 5.41) is 5.58. The van der Waals surface area contributed by atoms with Crippen LogP contribution < -0.4 is 15.5 Å². The first-order valence-electron chi connectivity index (χ1n) is 9.40. The second kappa shape index (κ2) is 8.39. The number of nitrogens with one attached hydrogen (secondary N) is 2. The Morgan fingerprint density at radius 3 is 2.78 bits per heavy atom. The third-order valence-electron chi connectivity index (χ3n) is 4.47. The summed E-state index contributed by atoms with van der Waals surface area (Å²) in [6.07, 6.45) is 0.921. The normalized spacial score (nSPS) is 14.4. The summed E-state index contributed by atoms with van der Waals surface area (Å²) in [6.45, 7) is 7.98. The number of carbonyl (C=O) groups is 2. The number of nitrogens with zero attached hydrogens (tertiary/aromatic N) is 3. The number of anilines is 1. The van der Waals surface area contributed by atoms with Crippen molar-refractivity contribution >= 4 is 28.9 Å². The number of aromatic nitrogens is 2. The summed E-state index contributed by atoms with van der Waals surface area (Å²) in [7, 11) is 0. The first-order chi connectivity index (χ1) is 13.0. The number of hydrogen-bond donors (Lipinski definition) is 2. The van der Waals surface area contributed by atoms with Gasteiger partial charge in [-0.15, -0.1) is 0 Å². The van der Waals surface area contributed by atoms with Crippen molar-refractivity contribution < 1.29 is 14.3 Å². The van der Waals surface area contributed by atoms with E-state index < -0.39 is 6.04 Å². The Morgan fingerprint density at radius 1 is 1.22 bits per heavy atom. The Balaban J connectivity index is 1.51. The lowest BCUT2D eigenvalue weighted by atomic mass is 10.3. The molecule has 2 heterocycles. The molecule has 8 heteroatoms. The molecular formula is C19H27N5O3. The number of hydrogen-bond acceptors (Lipinski definition) is 4. The van der Waals surface area contributed by atoms with E-state index in [1.165, 1.54) is 0 Å². The summed E-state index contributed by atoms with van der Waals surface area (Å²) in [6, 6.07) is 6.87. The first-order valence-corrected chi connectivity index (χ1v) is 9.40. The van der Waals surface area contributed by atoms with E-state index in [1.807, 2.05) is 42.7 Å². The van der Waals surface area contributed by atoms with E-state index in [0.717, 1.165) is 17.5 Å². The Bertz CT molecular complexity index is 817.